The van der Waals surface area contributed by atoms with Crippen molar-refractivity contribution in [2.24, 2.45) is 5.92 Å². The van der Waals surface area contributed by atoms with Crippen LogP contribution in [-0.4, -0.2) is 11.5 Å². The van der Waals surface area contributed by atoms with E-state index in [-0.39, 0.29) is 0 Å². The third kappa shape index (κ3) is 3.24. The number of aryl methyl sites for hydroxylation is 1. The number of nitrogens with one attached hydrogen (secondary N) is 1. The van der Waals surface area contributed by atoms with Gasteiger partial charge in [-0.1, -0.05) is 32.0 Å². The molecule has 1 N–H and O–H groups in total. The molecule has 0 fully saturated rings. The van der Waals surface area contributed by atoms with Crippen LogP contribution in [0.3, 0.4) is 0 Å². The van der Waals surface area contributed by atoms with Crippen LogP contribution in [0.25, 0.3) is 11.3 Å². The smallest absolute Gasteiger partial charge is 0.181 e. The van der Waals surface area contributed by atoms with Crippen LogP contribution in [-0.2, 0) is 6.54 Å². The second-order valence-corrected chi connectivity index (χ2v) is 5.40. The summed E-state index contributed by atoms with van der Waals surface area (Å²) in [5.41, 5.74) is 4.65. The van der Waals surface area contributed by atoms with Gasteiger partial charge < -0.3 is 9.73 Å². The van der Waals surface area contributed by atoms with Gasteiger partial charge in [-0.3, -0.25) is 0 Å². The molecule has 3 nitrogen and oxygen atoms in total. The fraction of sp³-hybridized carbons (Fsp3) is 0.438. The van der Waals surface area contributed by atoms with Gasteiger partial charge in [0.15, 0.2) is 12.2 Å². The van der Waals surface area contributed by atoms with Gasteiger partial charge in [-0.15, -0.1) is 0 Å². The van der Waals surface area contributed by atoms with Crippen molar-refractivity contribution in [3.8, 4) is 11.3 Å². The molecule has 0 saturated carbocycles. The first-order valence-corrected chi connectivity index (χ1v) is 6.79. The maximum absolute atomic E-state index is 5.59. The highest BCUT2D eigenvalue weighted by atomic mass is 16.3. The second-order valence-electron chi connectivity index (χ2n) is 5.40. The van der Waals surface area contributed by atoms with E-state index < -0.39 is 0 Å². The first-order chi connectivity index (χ1) is 9.09. The zero-order chi connectivity index (χ0) is 13.8. The summed E-state index contributed by atoms with van der Waals surface area (Å²) in [6, 6.07) is 6.27. The average molecular weight is 258 g/mol. The highest BCUT2D eigenvalue weighted by Crippen LogP contribution is 2.28. The molecule has 19 heavy (non-hydrogen) atoms. The summed E-state index contributed by atoms with van der Waals surface area (Å²) >= 11 is 0. The molecule has 0 radical (unpaired) electrons. The lowest BCUT2D eigenvalue weighted by Crippen LogP contribution is -2.19. The van der Waals surface area contributed by atoms with E-state index in [0.29, 0.717) is 5.92 Å². The number of rotatable bonds is 5. The van der Waals surface area contributed by atoms with E-state index in [1.54, 1.807) is 0 Å². The van der Waals surface area contributed by atoms with Crippen LogP contribution in [0.2, 0.25) is 0 Å². The summed E-state index contributed by atoms with van der Waals surface area (Å²) in [4.78, 5) is 4.33. The van der Waals surface area contributed by atoms with Gasteiger partial charge in [0.1, 0.15) is 5.69 Å². The maximum atomic E-state index is 5.59. The number of aromatic nitrogens is 1. The summed E-state index contributed by atoms with van der Waals surface area (Å²) < 4.78 is 5.59. The topological polar surface area (TPSA) is 38.1 Å². The Kier molecular flexibility index (Phi) is 4.38. The molecule has 1 aromatic heterocycles. The minimum atomic E-state index is 0.635. The Balaban J connectivity index is 2.21. The standard InChI is InChI=1S/C16H22N2O/c1-11(2)8-17-9-15-16(19-10-18-15)14-7-5-6-12(3)13(14)4/h5-7,10-11,17H,8-9H2,1-4H3. The van der Waals surface area contributed by atoms with Crippen molar-refractivity contribution in [3.63, 3.8) is 0 Å². The Morgan fingerprint density at radius 3 is 2.79 bits per heavy atom. The van der Waals surface area contributed by atoms with E-state index in [1.807, 2.05) is 0 Å². The van der Waals surface area contributed by atoms with Gasteiger partial charge in [0.05, 0.1) is 0 Å². The molecule has 0 aliphatic carbocycles. The summed E-state index contributed by atoms with van der Waals surface area (Å²) in [7, 11) is 0. The minimum absolute atomic E-state index is 0.635. The molecule has 3 heteroatoms. The molecule has 102 valence electrons. The molecule has 0 bridgehead atoms. The third-order valence-corrected chi connectivity index (χ3v) is 3.34. The van der Waals surface area contributed by atoms with Gasteiger partial charge in [-0.05, 0) is 37.4 Å². The molecule has 1 heterocycles. The number of oxazole rings is 1. The molecule has 2 rings (SSSR count). The summed E-state index contributed by atoms with van der Waals surface area (Å²) in [5.74, 6) is 1.52. The van der Waals surface area contributed by atoms with Gasteiger partial charge in [0, 0.05) is 12.1 Å². The predicted molar refractivity (Wildman–Crippen MR) is 78.0 cm³/mol. The van der Waals surface area contributed by atoms with Crippen LogP contribution < -0.4 is 5.32 Å². The normalized spacial score (nSPS) is 11.2. The Bertz CT molecular complexity index is 543. The van der Waals surface area contributed by atoms with Crippen molar-refractivity contribution in [2.75, 3.05) is 6.54 Å². The van der Waals surface area contributed by atoms with Crippen LogP contribution in [0, 0.1) is 19.8 Å². The van der Waals surface area contributed by atoms with Gasteiger partial charge in [0.2, 0.25) is 0 Å². The third-order valence-electron chi connectivity index (χ3n) is 3.34. The molecule has 0 atom stereocenters. The van der Waals surface area contributed by atoms with Gasteiger partial charge in [-0.2, -0.15) is 0 Å². The molecule has 0 saturated heterocycles. The lowest BCUT2D eigenvalue weighted by atomic mass is 10.0. The lowest BCUT2D eigenvalue weighted by molar-refractivity contribution is 0.545. The van der Waals surface area contributed by atoms with Gasteiger partial charge in [-0.25, -0.2) is 4.98 Å². The quantitative estimate of drug-likeness (QED) is 0.888. The Labute approximate surface area is 115 Å². The van der Waals surface area contributed by atoms with Crippen LogP contribution in [0.15, 0.2) is 29.0 Å². The molecule has 0 unspecified atom stereocenters. The molecular formula is C16H22N2O. The van der Waals surface area contributed by atoms with Crippen molar-refractivity contribution in [3.05, 3.63) is 41.4 Å². The highest BCUT2D eigenvalue weighted by molar-refractivity contribution is 5.65. The van der Waals surface area contributed by atoms with Crippen LogP contribution in [0.5, 0.6) is 0 Å². The van der Waals surface area contributed by atoms with E-state index in [1.165, 1.54) is 17.5 Å². The Hall–Kier alpha value is -1.61. The number of hydrogen-bond donors (Lipinski definition) is 1. The number of nitrogens with zero attached hydrogens (tertiary/aromatic N) is 1. The molecule has 0 aliphatic rings. The SMILES string of the molecule is Cc1cccc(-c2ocnc2CNCC(C)C)c1C. The Morgan fingerprint density at radius 1 is 1.26 bits per heavy atom. The second kappa shape index (κ2) is 6.02. The van der Waals surface area contributed by atoms with E-state index in [9.17, 15) is 0 Å². The van der Waals surface area contributed by atoms with E-state index in [0.717, 1.165) is 30.1 Å². The summed E-state index contributed by atoms with van der Waals surface area (Å²) in [6.07, 6.45) is 1.53. The molecule has 1 aromatic carbocycles. The minimum Gasteiger partial charge on any atom is -0.443 e. The van der Waals surface area contributed by atoms with Crippen molar-refractivity contribution in [1.29, 1.82) is 0 Å². The van der Waals surface area contributed by atoms with Crippen LogP contribution in [0.1, 0.15) is 30.7 Å². The van der Waals surface area contributed by atoms with E-state index in [4.69, 9.17) is 4.42 Å². The molecule has 0 spiro atoms. The number of benzene rings is 1. The highest BCUT2D eigenvalue weighted by Gasteiger charge is 2.13. The van der Waals surface area contributed by atoms with Gasteiger partial charge >= 0.3 is 0 Å². The molecule has 0 amide bonds. The van der Waals surface area contributed by atoms with Crippen molar-refractivity contribution < 1.29 is 4.42 Å². The van der Waals surface area contributed by atoms with Crippen molar-refractivity contribution in [1.82, 2.24) is 10.3 Å². The lowest BCUT2D eigenvalue weighted by Gasteiger charge is -2.09. The monoisotopic (exact) mass is 258 g/mol. The number of hydrogen-bond acceptors (Lipinski definition) is 3. The van der Waals surface area contributed by atoms with E-state index in [2.05, 4.69) is 56.2 Å². The zero-order valence-corrected chi connectivity index (χ0v) is 12.2. The van der Waals surface area contributed by atoms with Crippen LogP contribution >= 0.6 is 0 Å². The Morgan fingerprint density at radius 2 is 2.05 bits per heavy atom. The summed E-state index contributed by atoms with van der Waals surface area (Å²) in [5, 5.41) is 3.41. The largest absolute Gasteiger partial charge is 0.443 e. The van der Waals surface area contributed by atoms with Crippen LogP contribution in [0.4, 0.5) is 0 Å². The fourth-order valence-electron chi connectivity index (χ4n) is 2.09. The van der Waals surface area contributed by atoms with Crippen molar-refractivity contribution in [2.45, 2.75) is 34.2 Å². The molecular weight excluding hydrogens is 236 g/mol. The average Bonchev–Trinajstić information content (AvgIpc) is 2.80. The van der Waals surface area contributed by atoms with Gasteiger partial charge in [0.25, 0.3) is 0 Å². The molecule has 2 aromatic rings. The molecule has 0 aliphatic heterocycles. The first-order valence-electron chi connectivity index (χ1n) is 6.79. The summed E-state index contributed by atoms with van der Waals surface area (Å²) in [6.45, 7) is 10.4. The maximum Gasteiger partial charge on any atom is 0.181 e. The van der Waals surface area contributed by atoms with Crippen molar-refractivity contribution >= 4 is 0 Å². The first kappa shape index (κ1) is 13.8. The predicted octanol–water partition coefficient (Wildman–Crippen LogP) is 3.70. The zero-order valence-electron chi connectivity index (χ0n) is 12.2. The fourth-order valence-corrected chi connectivity index (χ4v) is 2.09. The van der Waals surface area contributed by atoms with E-state index >= 15 is 0 Å².